The SMILES string of the molecule is COC(=O)c1ccc2nc(-c3ccccc3)c(N3CCCCCC3)nc2c1. The minimum atomic E-state index is -0.359. The fourth-order valence-corrected chi connectivity index (χ4v) is 3.58. The molecule has 2 heterocycles. The molecule has 4 rings (SSSR count). The van der Waals surface area contributed by atoms with Crippen LogP contribution in [0.4, 0.5) is 5.82 Å². The summed E-state index contributed by atoms with van der Waals surface area (Å²) < 4.78 is 4.84. The van der Waals surface area contributed by atoms with Crippen LogP contribution < -0.4 is 4.90 Å². The van der Waals surface area contributed by atoms with Crippen molar-refractivity contribution in [2.24, 2.45) is 0 Å². The van der Waals surface area contributed by atoms with Gasteiger partial charge in [0.1, 0.15) is 5.69 Å². The van der Waals surface area contributed by atoms with Crippen LogP contribution in [-0.2, 0) is 4.74 Å². The molecule has 3 aromatic rings. The average Bonchev–Trinajstić information content (AvgIpc) is 3.02. The molecular formula is C22H23N3O2. The number of ether oxygens (including phenoxy) is 1. The molecule has 5 nitrogen and oxygen atoms in total. The highest BCUT2D eigenvalue weighted by Gasteiger charge is 2.19. The van der Waals surface area contributed by atoms with Gasteiger partial charge in [0.2, 0.25) is 0 Å². The van der Waals surface area contributed by atoms with Crippen molar-refractivity contribution in [3.63, 3.8) is 0 Å². The first-order valence-corrected chi connectivity index (χ1v) is 9.47. The molecule has 1 saturated heterocycles. The van der Waals surface area contributed by atoms with Gasteiger partial charge in [-0.3, -0.25) is 0 Å². The van der Waals surface area contributed by atoms with Crippen LogP contribution in [0.2, 0.25) is 0 Å². The summed E-state index contributed by atoms with van der Waals surface area (Å²) in [4.78, 5) is 24.1. The van der Waals surface area contributed by atoms with E-state index in [1.165, 1.54) is 20.0 Å². The Morgan fingerprint density at radius 1 is 0.926 bits per heavy atom. The van der Waals surface area contributed by atoms with Crippen molar-refractivity contribution in [3.8, 4) is 11.3 Å². The van der Waals surface area contributed by atoms with Gasteiger partial charge in [-0.05, 0) is 31.0 Å². The molecule has 0 radical (unpaired) electrons. The zero-order valence-corrected chi connectivity index (χ0v) is 15.5. The maximum absolute atomic E-state index is 11.9. The van der Waals surface area contributed by atoms with Gasteiger partial charge in [-0.15, -0.1) is 0 Å². The Bertz CT molecular complexity index is 948. The normalized spacial score (nSPS) is 14.8. The zero-order valence-electron chi connectivity index (χ0n) is 15.5. The molecule has 0 N–H and O–H groups in total. The first kappa shape index (κ1) is 17.5. The Labute approximate surface area is 159 Å². The molecule has 138 valence electrons. The van der Waals surface area contributed by atoms with Crippen molar-refractivity contribution >= 4 is 22.8 Å². The molecule has 1 aromatic heterocycles. The van der Waals surface area contributed by atoms with Crippen LogP contribution >= 0.6 is 0 Å². The number of methoxy groups -OCH3 is 1. The Morgan fingerprint density at radius 3 is 2.37 bits per heavy atom. The molecule has 27 heavy (non-hydrogen) atoms. The highest BCUT2D eigenvalue weighted by Crippen LogP contribution is 2.31. The second-order valence-corrected chi connectivity index (χ2v) is 6.86. The Balaban J connectivity index is 1.88. The zero-order chi connectivity index (χ0) is 18.6. The molecule has 1 fully saturated rings. The van der Waals surface area contributed by atoms with Crippen molar-refractivity contribution in [3.05, 3.63) is 54.1 Å². The summed E-state index contributed by atoms with van der Waals surface area (Å²) in [6.07, 6.45) is 4.83. The minimum absolute atomic E-state index is 0.359. The summed E-state index contributed by atoms with van der Waals surface area (Å²) in [6, 6.07) is 15.5. The number of esters is 1. The van der Waals surface area contributed by atoms with Crippen molar-refractivity contribution in [1.82, 2.24) is 9.97 Å². The lowest BCUT2D eigenvalue weighted by Gasteiger charge is -2.24. The molecule has 0 bridgehead atoms. The molecular weight excluding hydrogens is 338 g/mol. The van der Waals surface area contributed by atoms with Crippen LogP contribution in [-0.4, -0.2) is 36.1 Å². The van der Waals surface area contributed by atoms with E-state index < -0.39 is 0 Å². The standard InChI is InChI=1S/C22H23N3O2/c1-27-22(26)17-11-12-18-19(15-17)24-21(25-13-7-2-3-8-14-25)20(23-18)16-9-5-4-6-10-16/h4-6,9-12,15H,2-3,7-8,13-14H2,1H3. The number of hydrogen-bond donors (Lipinski definition) is 0. The van der Waals surface area contributed by atoms with Gasteiger partial charge in [-0.2, -0.15) is 0 Å². The fourth-order valence-electron chi connectivity index (χ4n) is 3.58. The molecule has 0 atom stereocenters. The number of aromatic nitrogens is 2. The maximum atomic E-state index is 11.9. The summed E-state index contributed by atoms with van der Waals surface area (Å²) in [7, 11) is 1.39. The predicted octanol–water partition coefficient (Wildman–Crippen LogP) is 4.46. The molecule has 5 heteroatoms. The number of rotatable bonds is 3. The Morgan fingerprint density at radius 2 is 1.67 bits per heavy atom. The molecule has 2 aromatic carbocycles. The third-order valence-corrected chi connectivity index (χ3v) is 5.02. The summed E-state index contributed by atoms with van der Waals surface area (Å²) >= 11 is 0. The van der Waals surface area contributed by atoms with Gasteiger partial charge in [0.15, 0.2) is 5.82 Å². The van der Waals surface area contributed by atoms with Gasteiger partial charge < -0.3 is 9.64 Å². The number of hydrogen-bond acceptors (Lipinski definition) is 5. The van der Waals surface area contributed by atoms with E-state index >= 15 is 0 Å². The van der Waals surface area contributed by atoms with Crippen LogP contribution in [0.3, 0.4) is 0 Å². The van der Waals surface area contributed by atoms with E-state index in [-0.39, 0.29) is 5.97 Å². The fraction of sp³-hybridized carbons (Fsp3) is 0.318. The van der Waals surface area contributed by atoms with Crippen LogP contribution in [0, 0.1) is 0 Å². The molecule has 0 unspecified atom stereocenters. The van der Waals surface area contributed by atoms with E-state index in [0.29, 0.717) is 5.56 Å². The highest BCUT2D eigenvalue weighted by atomic mass is 16.5. The van der Waals surface area contributed by atoms with E-state index in [1.54, 1.807) is 12.1 Å². The smallest absolute Gasteiger partial charge is 0.337 e. The largest absolute Gasteiger partial charge is 0.465 e. The summed E-state index contributed by atoms with van der Waals surface area (Å²) in [5.41, 5.74) is 3.95. The van der Waals surface area contributed by atoms with E-state index in [0.717, 1.165) is 54.0 Å². The van der Waals surface area contributed by atoms with E-state index in [9.17, 15) is 4.79 Å². The quantitative estimate of drug-likeness (QED) is 0.645. The predicted molar refractivity (Wildman–Crippen MR) is 107 cm³/mol. The second-order valence-electron chi connectivity index (χ2n) is 6.86. The summed E-state index contributed by atoms with van der Waals surface area (Å²) in [6.45, 7) is 1.97. The third kappa shape index (κ3) is 3.63. The minimum Gasteiger partial charge on any atom is -0.465 e. The lowest BCUT2D eigenvalue weighted by atomic mass is 10.1. The first-order valence-electron chi connectivity index (χ1n) is 9.47. The van der Waals surface area contributed by atoms with Crippen molar-refractivity contribution < 1.29 is 9.53 Å². The maximum Gasteiger partial charge on any atom is 0.337 e. The topological polar surface area (TPSA) is 55.3 Å². The van der Waals surface area contributed by atoms with Crippen molar-refractivity contribution in [2.45, 2.75) is 25.7 Å². The van der Waals surface area contributed by atoms with E-state index in [4.69, 9.17) is 14.7 Å². The summed E-state index contributed by atoms with van der Waals surface area (Å²) in [5, 5.41) is 0. The van der Waals surface area contributed by atoms with Gasteiger partial charge in [0.25, 0.3) is 0 Å². The second kappa shape index (κ2) is 7.74. The van der Waals surface area contributed by atoms with E-state index in [1.807, 2.05) is 24.3 Å². The average molecular weight is 361 g/mol. The molecule has 1 aliphatic heterocycles. The van der Waals surface area contributed by atoms with Crippen LogP contribution in [0.1, 0.15) is 36.0 Å². The van der Waals surface area contributed by atoms with Crippen LogP contribution in [0.25, 0.3) is 22.3 Å². The third-order valence-electron chi connectivity index (χ3n) is 5.02. The molecule has 0 amide bonds. The number of carbonyl (C=O) groups is 1. The number of anilines is 1. The lowest BCUT2D eigenvalue weighted by molar-refractivity contribution is 0.0601. The van der Waals surface area contributed by atoms with Crippen molar-refractivity contribution in [1.29, 1.82) is 0 Å². The number of nitrogens with zero attached hydrogens (tertiary/aromatic N) is 3. The van der Waals surface area contributed by atoms with Crippen molar-refractivity contribution in [2.75, 3.05) is 25.1 Å². The Kier molecular flexibility index (Phi) is 5.01. The highest BCUT2D eigenvalue weighted by molar-refractivity contribution is 5.94. The van der Waals surface area contributed by atoms with Gasteiger partial charge in [-0.1, -0.05) is 43.2 Å². The monoisotopic (exact) mass is 361 g/mol. The van der Waals surface area contributed by atoms with E-state index in [2.05, 4.69) is 17.0 Å². The van der Waals surface area contributed by atoms with Gasteiger partial charge in [-0.25, -0.2) is 14.8 Å². The number of benzene rings is 2. The van der Waals surface area contributed by atoms with Gasteiger partial charge in [0.05, 0.1) is 23.7 Å². The summed E-state index contributed by atoms with van der Waals surface area (Å²) in [5.74, 6) is 0.541. The number of carbonyl (C=O) groups excluding carboxylic acids is 1. The van der Waals surface area contributed by atoms with Gasteiger partial charge >= 0.3 is 5.97 Å². The molecule has 0 saturated carbocycles. The molecule has 1 aliphatic rings. The molecule has 0 spiro atoms. The first-order chi connectivity index (χ1) is 13.3. The van der Waals surface area contributed by atoms with Crippen LogP contribution in [0.5, 0.6) is 0 Å². The Hall–Kier alpha value is -2.95. The number of fused-ring (bicyclic) bond motifs is 1. The lowest BCUT2D eigenvalue weighted by Crippen LogP contribution is -2.26. The van der Waals surface area contributed by atoms with Crippen LogP contribution in [0.15, 0.2) is 48.5 Å². The van der Waals surface area contributed by atoms with Gasteiger partial charge in [0, 0.05) is 18.7 Å². The molecule has 0 aliphatic carbocycles.